The highest BCUT2D eigenvalue weighted by Crippen LogP contribution is 2.37. The minimum absolute atomic E-state index is 0.165. The molecule has 2 rings (SSSR count). The molecule has 0 fully saturated rings. The Labute approximate surface area is 134 Å². The zero-order chi connectivity index (χ0) is 14.5. The number of hydrogen-bond acceptors (Lipinski definition) is 2. The van der Waals surface area contributed by atoms with Crippen LogP contribution in [0.15, 0.2) is 52.3 Å². The van der Waals surface area contributed by atoms with E-state index in [0.29, 0.717) is 0 Å². The van der Waals surface area contributed by atoms with Crippen LogP contribution in [0.2, 0.25) is 10.0 Å². The predicted octanol–water partition coefficient (Wildman–Crippen LogP) is 5.42. The first-order valence-electron chi connectivity index (χ1n) is 6.56. The summed E-state index contributed by atoms with van der Waals surface area (Å²) in [5.74, 6) is 0. The first-order valence-corrected chi connectivity index (χ1v) is 8.13. The highest BCUT2D eigenvalue weighted by molar-refractivity contribution is 7.99. The van der Waals surface area contributed by atoms with Crippen LogP contribution in [0.4, 0.5) is 0 Å². The van der Waals surface area contributed by atoms with Crippen molar-refractivity contribution in [1.82, 2.24) is 0 Å². The lowest BCUT2D eigenvalue weighted by Crippen LogP contribution is -2.21. The maximum Gasteiger partial charge on any atom is 0.0548 e. The maximum atomic E-state index is 6.35. The summed E-state index contributed by atoms with van der Waals surface area (Å²) in [6.45, 7) is 2.10. The van der Waals surface area contributed by atoms with Gasteiger partial charge in [0, 0.05) is 20.9 Å². The number of rotatable bonds is 5. The number of nitrogens with two attached hydrogens (primary N) is 1. The third kappa shape index (κ3) is 4.16. The molecular formula is C16H17Cl2NS. The van der Waals surface area contributed by atoms with Gasteiger partial charge in [0.15, 0.2) is 0 Å². The highest BCUT2D eigenvalue weighted by atomic mass is 35.5. The minimum atomic E-state index is 0.165. The zero-order valence-corrected chi connectivity index (χ0v) is 13.6. The molecule has 2 aromatic rings. The Morgan fingerprint density at radius 1 is 1.10 bits per heavy atom. The van der Waals surface area contributed by atoms with E-state index in [9.17, 15) is 0 Å². The Morgan fingerprint density at radius 3 is 2.45 bits per heavy atom. The summed E-state index contributed by atoms with van der Waals surface area (Å²) in [5.41, 5.74) is 7.27. The molecule has 0 aliphatic rings. The maximum absolute atomic E-state index is 6.35. The van der Waals surface area contributed by atoms with Crippen molar-refractivity contribution in [3.8, 4) is 0 Å². The van der Waals surface area contributed by atoms with Gasteiger partial charge in [-0.2, -0.15) is 0 Å². The Balaban J connectivity index is 2.27. The van der Waals surface area contributed by atoms with E-state index >= 15 is 0 Å². The van der Waals surface area contributed by atoms with Crippen LogP contribution in [0, 0.1) is 0 Å². The fourth-order valence-corrected chi connectivity index (χ4v) is 3.27. The summed E-state index contributed by atoms with van der Waals surface area (Å²) in [4.78, 5) is 2.20. The Bertz CT molecular complexity index is 569. The first-order chi connectivity index (χ1) is 9.60. The monoisotopic (exact) mass is 325 g/mol. The van der Waals surface area contributed by atoms with Crippen molar-refractivity contribution in [2.24, 2.45) is 5.73 Å². The highest BCUT2D eigenvalue weighted by Gasteiger charge is 2.11. The van der Waals surface area contributed by atoms with Crippen molar-refractivity contribution in [3.05, 3.63) is 58.1 Å². The van der Waals surface area contributed by atoms with Crippen LogP contribution in [0.1, 0.15) is 18.9 Å². The van der Waals surface area contributed by atoms with Gasteiger partial charge >= 0.3 is 0 Å². The standard InChI is InChI=1S/C16H17Cl2NS/c1-2-13(19)10-11-4-3-5-15(18)16(11)20-14-8-6-12(17)7-9-14/h3-9,13H,2,10,19H2,1H3. The van der Waals surface area contributed by atoms with E-state index in [1.165, 1.54) is 5.56 Å². The molecule has 0 saturated carbocycles. The van der Waals surface area contributed by atoms with Crippen LogP contribution >= 0.6 is 35.0 Å². The van der Waals surface area contributed by atoms with Crippen LogP contribution < -0.4 is 5.73 Å². The van der Waals surface area contributed by atoms with E-state index in [4.69, 9.17) is 28.9 Å². The second-order valence-corrected chi connectivity index (χ2v) is 6.58. The molecule has 20 heavy (non-hydrogen) atoms. The molecule has 0 aliphatic heterocycles. The molecule has 0 heterocycles. The number of hydrogen-bond donors (Lipinski definition) is 1. The first kappa shape index (κ1) is 15.7. The van der Waals surface area contributed by atoms with Crippen LogP contribution in [0.25, 0.3) is 0 Å². The Kier molecular flexibility index (Phi) is 5.79. The van der Waals surface area contributed by atoms with Crippen molar-refractivity contribution in [1.29, 1.82) is 0 Å². The molecule has 1 nitrogen and oxygen atoms in total. The minimum Gasteiger partial charge on any atom is -0.327 e. The molecule has 0 bridgehead atoms. The van der Waals surface area contributed by atoms with Gasteiger partial charge in [-0.05, 0) is 48.7 Å². The third-order valence-electron chi connectivity index (χ3n) is 3.09. The molecule has 0 aromatic heterocycles. The quantitative estimate of drug-likeness (QED) is 0.793. The summed E-state index contributed by atoms with van der Waals surface area (Å²) < 4.78 is 0. The van der Waals surface area contributed by atoms with Crippen molar-refractivity contribution in [3.63, 3.8) is 0 Å². The Hall–Kier alpha value is -0.670. The lowest BCUT2D eigenvalue weighted by atomic mass is 10.0. The molecule has 0 spiro atoms. The van der Waals surface area contributed by atoms with Crippen LogP contribution in [-0.4, -0.2) is 6.04 Å². The molecule has 1 atom stereocenters. The largest absolute Gasteiger partial charge is 0.327 e. The third-order valence-corrected chi connectivity index (χ3v) is 4.96. The van der Waals surface area contributed by atoms with Crippen molar-refractivity contribution >= 4 is 35.0 Å². The van der Waals surface area contributed by atoms with E-state index in [1.807, 2.05) is 36.4 Å². The average Bonchev–Trinajstić information content (AvgIpc) is 2.44. The molecular weight excluding hydrogens is 309 g/mol. The molecule has 0 radical (unpaired) electrons. The van der Waals surface area contributed by atoms with E-state index in [1.54, 1.807) is 11.8 Å². The van der Waals surface area contributed by atoms with Crippen molar-refractivity contribution in [2.75, 3.05) is 0 Å². The number of halogens is 2. The van der Waals surface area contributed by atoms with Crippen LogP contribution in [0.5, 0.6) is 0 Å². The molecule has 4 heteroatoms. The summed E-state index contributed by atoms with van der Waals surface area (Å²) in [6, 6.07) is 13.9. The normalized spacial score (nSPS) is 12.4. The molecule has 1 unspecified atom stereocenters. The molecule has 0 aliphatic carbocycles. The van der Waals surface area contributed by atoms with Gasteiger partial charge in [0.05, 0.1) is 5.02 Å². The lowest BCUT2D eigenvalue weighted by molar-refractivity contribution is 0.641. The molecule has 2 N–H and O–H groups in total. The fraction of sp³-hybridized carbons (Fsp3) is 0.250. The second-order valence-electron chi connectivity index (χ2n) is 4.66. The molecule has 0 saturated heterocycles. The van der Waals surface area contributed by atoms with Crippen LogP contribution in [0.3, 0.4) is 0 Å². The van der Waals surface area contributed by atoms with E-state index in [-0.39, 0.29) is 6.04 Å². The number of benzene rings is 2. The van der Waals surface area contributed by atoms with Gasteiger partial charge in [-0.1, -0.05) is 54.0 Å². The van der Waals surface area contributed by atoms with Crippen molar-refractivity contribution in [2.45, 2.75) is 35.6 Å². The predicted molar refractivity (Wildman–Crippen MR) is 89.0 cm³/mol. The Morgan fingerprint density at radius 2 is 1.80 bits per heavy atom. The van der Waals surface area contributed by atoms with Gasteiger partial charge < -0.3 is 5.73 Å². The van der Waals surface area contributed by atoms with Gasteiger partial charge in [-0.3, -0.25) is 0 Å². The average molecular weight is 326 g/mol. The smallest absolute Gasteiger partial charge is 0.0548 e. The SMILES string of the molecule is CCC(N)Cc1cccc(Cl)c1Sc1ccc(Cl)cc1. The van der Waals surface area contributed by atoms with Gasteiger partial charge in [0.1, 0.15) is 0 Å². The topological polar surface area (TPSA) is 26.0 Å². The van der Waals surface area contributed by atoms with E-state index in [2.05, 4.69) is 13.0 Å². The van der Waals surface area contributed by atoms with Crippen LogP contribution in [-0.2, 0) is 6.42 Å². The zero-order valence-electron chi connectivity index (χ0n) is 11.3. The van der Waals surface area contributed by atoms with Gasteiger partial charge in [0.25, 0.3) is 0 Å². The van der Waals surface area contributed by atoms with E-state index < -0.39 is 0 Å². The summed E-state index contributed by atoms with van der Waals surface area (Å²) in [7, 11) is 0. The molecule has 2 aromatic carbocycles. The van der Waals surface area contributed by atoms with E-state index in [0.717, 1.165) is 32.7 Å². The second kappa shape index (κ2) is 7.37. The summed E-state index contributed by atoms with van der Waals surface area (Å²) >= 11 is 13.9. The van der Waals surface area contributed by atoms with Gasteiger partial charge in [-0.15, -0.1) is 0 Å². The summed E-state index contributed by atoms with van der Waals surface area (Å²) in [6.07, 6.45) is 1.80. The van der Waals surface area contributed by atoms with Crippen molar-refractivity contribution < 1.29 is 0 Å². The van der Waals surface area contributed by atoms with Gasteiger partial charge in [0.2, 0.25) is 0 Å². The summed E-state index contributed by atoms with van der Waals surface area (Å²) in [5, 5.41) is 1.51. The fourth-order valence-electron chi connectivity index (χ4n) is 1.88. The lowest BCUT2D eigenvalue weighted by Gasteiger charge is -2.14. The van der Waals surface area contributed by atoms with Gasteiger partial charge in [-0.25, -0.2) is 0 Å². The molecule has 0 amide bonds. The molecule has 106 valence electrons.